The zero-order valence-corrected chi connectivity index (χ0v) is 7.99. The number of hydrogen-bond donors (Lipinski definition) is 1. The maximum Gasteiger partial charge on any atom is 0.125 e. The van der Waals surface area contributed by atoms with E-state index in [1.165, 1.54) is 0 Å². The summed E-state index contributed by atoms with van der Waals surface area (Å²) in [5.41, 5.74) is 0.971. The summed E-state index contributed by atoms with van der Waals surface area (Å²) in [6.45, 7) is 4.35. The molecular formula is C10H15NO2. The van der Waals surface area contributed by atoms with Gasteiger partial charge in [-0.05, 0) is 19.9 Å². The molecule has 0 atom stereocenters. The molecule has 0 heterocycles. The second kappa shape index (κ2) is 4.84. The Bertz CT molecular complexity index is 261. The summed E-state index contributed by atoms with van der Waals surface area (Å²) in [5, 5.41) is 0. The van der Waals surface area contributed by atoms with Crippen LogP contribution in [0.4, 0.5) is 0 Å². The van der Waals surface area contributed by atoms with E-state index < -0.39 is 0 Å². The van der Waals surface area contributed by atoms with Crippen LogP contribution < -0.4 is 10.6 Å². The molecule has 0 amide bonds. The number of para-hydroxylation sites is 1. The molecule has 0 aliphatic carbocycles. The molecule has 0 bridgehead atoms. The maximum atomic E-state index is 5.56. The highest BCUT2D eigenvalue weighted by Gasteiger charge is 2.03. The molecule has 72 valence electrons. The van der Waals surface area contributed by atoms with Gasteiger partial charge in [0, 0.05) is 5.56 Å². The third-order valence-electron chi connectivity index (χ3n) is 1.57. The van der Waals surface area contributed by atoms with Crippen molar-refractivity contribution in [2.75, 3.05) is 0 Å². The third kappa shape index (κ3) is 3.05. The number of hydrogen-bond acceptors (Lipinski definition) is 3. The van der Waals surface area contributed by atoms with Crippen molar-refractivity contribution in [1.29, 1.82) is 0 Å². The third-order valence-corrected chi connectivity index (χ3v) is 1.57. The molecule has 2 N–H and O–H groups in total. The van der Waals surface area contributed by atoms with Crippen LogP contribution in [-0.2, 0) is 11.4 Å². The monoisotopic (exact) mass is 181 g/mol. The molecule has 0 aliphatic rings. The van der Waals surface area contributed by atoms with Crippen LogP contribution in [-0.4, -0.2) is 6.10 Å². The minimum Gasteiger partial charge on any atom is -0.491 e. The van der Waals surface area contributed by atoms with Crippen LogP contribution in [0.2, 0.25) is 0 Å². The minimum absolute atomic E-state index is 0.166. The van der Waals surface area contributed by atoms with Crippen molar-refractivity contribution >= 4 is 0 Å². The number of benzene rings is 1. The first-order valence-electron chi connectivity index (χ1n) is 4.30. The molecule has 0 aromatic heterocycles. The van der Waals surface area contributed by atoms with Crippen molar-refractivity contribution in [2.45, 2.75) is 26.6 Å². The molecule has 3 nitrogen and oxygen atoms in total. The Balaban J connectivity index is 2.78. The average molecular weight is 181 g/mol. The Morgan fingerprint density at radius 2 is 2.00 bits per heavy atom. The zero-order valence-electron chi connectivity index (χ0n) is 7.99. The van der Waals surface area contributed by atoms with Crippen LogP contribution >= 0.6 is 0 Å². The normalized spacial score (nSPS) is 10.5. The predicted molar refractivity (Wildman–Crippen MR) is 51.2 cm³/mol. The summed E-state index contributed by atoms with van der Waals surface area (Å²) >= 11 is 0. The molecule has 3 heteroatoms. The van der Waals surface area contributed by atoms with Crippen molar-refractivity contribution in [2.24, 2.45) is 5.90 Å². The molecule has 0 aliphatic heterocycles. The molecule has 0 fully saturated rings. The second-order valence-electron chi connectivity index (χ2n) is 3.09. The summed E-state index contributed by atoms with van der Waals surface area (Å²) < 4.78 is 5.56. The maximum absolute atomic E-state index is 5.56. The van der Waals surface area contributed by atoms with E-state index in [1.54, 1.807) is 0 Å². The van der Waals surface area contributed by atoms with Crippen LogP contribution in [0.1, 0.15) is 19.4 Å². The molecule has 13 heavy (non-hydrogen) atoms. The first-order chi connectivity index (χ1) is 6.24. The molecule has 1 rings (SSSR count). The van der Waals surface area contributed by atoms with Crippen LogP contribution in [0, 0.1) is 0 Å². The van der Waals surface area contributed by atoms with Crippen LogP contribution in [0.25, 0.3) is 0 Å². The van der Waals surface area contributed by atoms with Crippen LogP contribution in [0.5, 0.6) is 5.75 Å². The van der Waals surface area contributed by atoms with Gasteiger partial charge in [0.25, 0.3) is 0 Å². The van der Waals surface area contributed by atoms with Gasteiger partial charge in [0.1, 0.15) is 5.75 Å². The second-order valence-corrected chi connectivity index (χ2v) is 3.09. The standard InChI is InChI=1S/C10H15NO2/c1-8(2)13-10-6-4-3-5-9(10)7-12-11/h3-6,8H,7,11H2,1-2H3. The van der Waals surface area contributed by atoms with Gasteiger partial charge in [0.05, 0.1) is 12.7 Å². The topological polar surface area (TPSA) is 44.5 Å². The van der Waals surface area contributed by atoms with E-state index in [9.17, 15) is 0 Å². The van der Waals surface area contributed by atoms with Gasteiger partial charge in [0.2, 0.25) is 0 Å². The summed E-state index contributed by atoms with van der Waals surface area (Å²) in [4.78, 5) is 4.57. The molecule has 0 spiro atoms. The van der Waals surface area contributed by atoms with E-state index in [2.05, 4.69) is 4.84 Å². The van der Waals surface area contributed by atoms with Gasteiger partial charge in [-0.3, -0.25) is 4.84 Å². The molecule has 0 saturated carbocycles. The van der Waals surface area contributed by atoms with E-state index in [-0.39, 0.29) is 6.10 Å². The lowest BCUT2D eigenvalue weighted by Crippen LogP contribution is -2.08. The summed E-state index contributed by atoms with van der Waals surface area (Å²) in [6.07, 6.45) is 0.166. The lowest BCUT2D eigenvalue weighted by molar-refractivity contribution is 0.119. The Kier molecular flexibility index (Phi) is 3.73. The Morgan fingerprint density at radius 1 is 1.31 bits per heavy atom. The fraction of sp³-hybridized carbons (Fsp3) is 0.400. The predicted octanol–water partition coefficient (Wildman–Crippen LogP) is 1.86. The van der Waals surface area contributed by atoms with Crippen molar-refractivity contribution in [3.05, 3.63) is 29.8 Å². The molecule has 0 saturated heterocycles. The quantitative estimate of drug-likeness (QED) is 0.721. The molecule has 1 aromatic rings. The fourth-order valence-corrected chi connectivity index (χ4v) is 1.08. The highest BCUT2D eigenvalue weighted by atomic mass is 16.6. The van der Waals surface area contributed by atoms with Crippen molar-refractivity contribution in [3.8, 4) is 5.75 Å². The number of rotatable bonds is 4. The van der Waals surface area contributed by atoms with Gasteiger partial charge in [-0.2, -0.15) is 0 Å². The lowest BCUT2D eigenvalue weighted by Gasteiger charge is -2.13. The first kappa shape index (κ1) is 10.0. The number of nitrogens with two attached hydrogens (primary N) is 1. The Morgan fingerprint density at radius 3 is 2.62 bits per heavy atom. The zero-order chi connectivity index (χ0) is 9.68. The summed E-state index contributed by atoms with van der Waals surface area (Å²) in [5.74, 6) is 5.84. The largest absolute Gasteiger partial charge is 0.491 e. The lowest BCUT2D eigenvalue weighted by atomic mass is 10.2. The van der Waals surface area contributed by atoms with Gasteiger partial charge in [-0.25, -0.2) is 5.90 Å². The van der Waals surface area contributed by atoms with Gasteiger partial charge in [0.15, 0.2) is 0 Å². The molecule has 0 unspecified atom stereocenters. The summed E-state index contributed by atoms with van der Waals surface area (Å²) in [6, 6.07) is 7.71. The molecular weight excluding hydrogens is 166 g/mol. The van der Waals surface area contributed by atoms with Crippen molar-refractivity contribution < 1.29 is 9.57 Å². The van der Waals surface area contributed by atoms with E-state index >= 15 is 0 Å². The highest BCUT2D eigenvalue weighted by molar-refractivity contribution is 5.32. The average Bonchev–Trinajstić information content (AvgIpc) is 2.08. The van der Waals surface area contributed by atoms with Crippen molar-refractivity contribution in [1.82, 2.24) is 0 Å². The SMILES string of the molecule is CC(C)Oc1ccccc1CON. The molecule has 0 radical (unpaired) electrons. The van der Waals surface area contributed by atoms with Gasteiger partial charge in [-0.15, -0.1) is 0 Å². The Hall–Kier alpha value is -1.06. The van der Waals surface area contributed by atoms with E-state index in [0.717, 1.165) is 11.3 Å². The van der Waals surface area contributed by atoms with E-state index in [1.807, 2.05) is 38.1 Å². The fourth-order valence-electron chi connectivity index (χ4n) is 1.08. The number of ether oxygens (including phenoxy) is 1. The smallest absolute Gasteiger partial charge is 0.125 e. The van der Waals surface area contributed by atoms with Gasteiger partial charge < -0.3 is 4.74 Å². The van der Waals surface area contributed by atoms with E-state index in [4.69, 9.17) is 10.6 Å². The van der Waals surface area contributed by atoms with Gasteiger partial charge >= 0.3 is 0 Å². The Labute approximate surface area is 78.4 Å². The van der Waals surface area contributed by atoms with Gasteiger partial charge in [-0.1, -0.05) is 18.2 Å². The van der Waals surface area contributed by atoms with E-state index in [0.29, 0.717) is 6.61 Å². The van der Waals surface area contributed by atoms with Crippen molar-refractivity contribution in [3.63, 3.8) is 0 Å². The van der Waals surface area contributed by atoms with Crippen LogP contribution in [0.15, 0.2) is 24.3 Å². The first-order valence-corrected chi connectivity index (χ1v) is 4.30. The highest BCUT2D eigenvalue weighted by Crippen LogP contribution is 2.19. The molecule has 1 aromatic carbocycles. The minimum atomic E-state index is 0.166. The van der Waals surface area contributed by atoms with Crippen LogP contribution in [0.3, 0.4) is 0 Å². The summed E-state index contributed by atoms with van der Waals surface area (Å²) in [7, 11) is 0.